The van der Waals surface area contributed by atoms with Crippen molar-refractivity contribution in [2.45, 2.75) is 6.54 Å². The van der Waals surface area contributed by atoms with Crippen LogP contribution in [0.3, 0.4) is 0 Å². The molecular formula is C15H12N6O. The summed E-state index contributed by atoms with van der Waals surface area (Å²) in [6.07, 6.45) is 6.93. The monoisotopic (exact) mass is 292 g/mol. The molecule has 1 aromatic carbocycles. The number of aromatic nitrogens is 6. The fourth-order valence-electron chi connectivity index (χ4n) is 2.23. The minimum atomic E-state index is 0.453. The second-order valence-electron chi connectivity index (χ2n) is 4.72. The van der Waals surface area contributed by atoms with Crippen molar-refractivity contribution >= 4 is 0 Å². The van der Waals surface area contributed by atoms with Gasteiger partial charge in [0.1, 0.15) is 12.2 Å². The van der Waals surface area contributed by atoms with Gasteiger partial charge in [0.25, 0.3) is 0 Å². The van der Waals surface area contributed by atoms with Crippen LogP contribution < -0.4 is 0 Å². The summed E-state index contributed by atoms with van der Waals surface area (Å²) in [7, 11) is 0. The third-order valence-electron chi connectivity index (χ3n) is 3.26. The highest BCUT2D eigenvalue weighted by Gasteiger charge is 2.12. The summed E-state index contributed by atoms with van der Waals surface area (Å²) in [5.74, 6) is 1.88. The molecule has 0 aliphatic carbocycles. The van der Waals surface area contributed by atoms with Crippen molar-refractivity contribution in [1.82, 2.24) is 29.7 Å². The molecule has 0 amide bonds. The number of H-pyrrole nitrogens is 1. The van der Waals surface area contributed by atoms with Gasteiger partial charge in [0.05, 0.1) is 12.5 Å². The number of rotatable bonds is 4. The van der Waals surface area contributed by atoms with Gasteiger partial charge in [-0.15, -0.1) is 0 Å². The summed E-state index contributed by atoms with van der Waals surface area (Å²) in [6, 6.07) is 9.73. The molecule has 3 heterocycles. The van der Waals surface area contributed by atoms with Crippen molar-refractivity contribution in [2.24, 2.45) is 0 Å². The first-order valence-corrected chi connectivity index (χ1v) is 6.78. The van der Waals surface area contributed by atoms with Crippen molar-refractivity contribution in [1.29, 1.82) is 0 Å². The van der Waals surface area contributed by atoms with Crippen LogP contribution in [0.4, 0.5) is 0 Å². The molecule has 0 saturated heterocycles. The Morgan fingerprint density at radius 3 is 2.91 bits per heavy atom. The van der Waals surface area contributed by atoms with E-state index in [2.05, 4.69) is 25.1 Å². The lowest BCUT2D eigenvalue weighted by Crippen LogP contribution is -2.01. The highest BCUT2D eigenvalue weighted by Crippen LogP contribution is 2.18. The molecule has 0 spiro atoms. The number of hydrogen-bond donors (Lipinski definition) is 1. The molecule has 0 bridgehead atoms. The van der Waals surface area contributed by atoms with Gasteiger partial charge in [-0.25, -0.2) is 9.97 Å². The standard InChI is InChI=1S/C15H12N6O/c1-2-4-11(5-3-1)14-19-13(22-20-14)9-21-7-6-17-15(21)12-8-16-10-18-12/h1-8,10H,9H2,(H,16,18). The maximum Gasteiger partial charge on any atom is 0.246 e. The summed E-state index contributed by atoms with van der Waals surface area (Å²) in [5, 5.41) is 4.02. The van der Waals surface area contributed by atoms with Gasteiger partial charge < -0.3 is 14.1 Å². The Bertz CT molecular complexity index is 862. The highest BCUT2D eigenvalue weighted by molar-refractivity contribution is 5.53. The summed E-state index contributed by atoms with van der Waals surface area (Å²) in [4.78, 5) is 15.8. The van der Waals surface area contributed by atoms with Gasteiger partial charge in [0, 0.05) is 18.0 Å². The lowest BCUT2D eigenvalue weighted by Gasteiger charge is -2.02. The van der Waals surface area contributed by atoms with Gasteiger partial charge in [-0.2, -0.15) is 4.98 Å². The third-order valence-corrected chi connectivity index (χ3v) is 3.26. The fraction of sp³-hybridized carbons (Fsp3) is 0.0667. The van der Waals surface area contributed by atoms with E-state index in [1.165, 1.54) is 0 Å². The van der Waals surface area contributed by atoms with Crippen LogP contribution in [0.5, 0.6) is 0 Å². The zero-order chi connectivity index (χ0) is 14.8. The van der Waals surface area contributed by atoms with Gasteiger partial charge in [-0.1, -0.05) is 35.5 Å². The average Bonchev–Trinajstić information content (AvgIpc) is 3.30. The van der Waals surface area contributed by atoms with Crippen molar-refractivity contribution in [3.63, 3.8) is 0 Å². The second-order valence-corrected chi connectivity index (χ2v) is 4.72. The zero-order valence-corrected chi connectivity index (χ0v) is 11.5. The van der Waals surface area contributed by atoms with E-state index in [1.807, 2.05) is 41.1 Å². The van der Waals surface area contributed by atoms with Crippen molar-refractivity contribution in [3.8, 4) is 22.9 Å². The zero-order valence-electron chi connectivity index (χ0n) is 11.5. The number of hydrogen-bond acceptors (Lipinski definition) is 5. The molecule has 1 N–H and O–H groups in total. The Labute approximate surface area is 125 Å². The Morgan fingerprint density at radius 2 is 2.09 bits per heavy atom. The summed E-state index contributed by atoms with van der Waals surface area (Å²) in [6.45, 7) is 0.453. The average molecular weight is 292 g/mol. The van der Waals surface area contributed by atoms with Gasteiger partial charge in [0.15, 0.2) is 5.82 Å². The maximum absolute atomic E-state index is 5.33. The highest BCUT2D eigenvalue weighted by atomic mass is 16.5. The Morgan fingerprint density at radius 1 is 1.18 bits per heavy atom. The van der Waals surface area contributed by atoms with Crippen LogP contribution in [0.1, 0.15) is 5.89 Å². The van der Waals surface area contributed by atoms with Gasteiger partial charge >= 0.3 is 0 Å². The van der Waals surface area contributed by atoms with Gasteiger partial charge in [-0.05, 0) is 0 Å². The van der Waals surface area contributed by atoms with E-state index < -0.39 is 0 Å². The number of nitrogens with one attached hydrogen (secondary N) is 1. The van der Waals surface area contributed by atoms with E-state index in [4.69, 9.17) is 4.52 Å². The fourth-order valence-corrected chi connectivity index (χ4v) is 2.23. The van der Waals surface area contributed by atoms with E-state index in [-0.39, 0.29) is 0 Å². The van der Waals surface area contributed by atoms with Crippen LogP contribution in [0.2, 0.25) is 0 Å². The number of imidazole rings is 2. The quantitative estimate of drug-likeness (QED) is 0.624. The van der Waals surface area contributed by atoms with Crippen molar-refractivity contribution in [2.75, 3.05) is 0 Å². The van der Waals surface area contributed by atoms with Gasteiger partial charge in [-0.3, -0.25) is 0 Å². The summed E-state index contributed by atoms with van der Waals surface area (Å²) >= 11 is 0. The molecule has 7 heteroatoms. The number of aromatic amines is 1. The lowest BCUT2D eigenvalue weighted by molar-refractivity contribution is 0.372. The molecule has 22 heavy (non-hydrogen) atoms. The normalized spacial score (nSPS) is 10.9. The molecule has 0 saturated carbocycles. The minimum absolute atomic E-state index is 0.453. The first kappa shape index (κ1) is 12.5. The summed E-state index contributed by atoms with van der Waals surface area (Å²) < 4.78 is 7.26. The van der Waals surface area contributed by atoms with E-state index in [1.54, 1.807) is 18.7 Å². The summed E-state index contributed by atoms with van der Waals surface area (Å²) in [5.41, 5.74) is 1.77. The van der Waals surface area contributed by atoms with E-state index in [0.29, 0.717) is 18.3 Å². The first-order valence-electron chi connectivity index (χ1n) is 6.78. The second kappa shape index (κ2) is 5.28. The lowest BCUT2D eigenvalue weighted by atomic mass is 10.2. The first-order chi connectivity index (χ1) is 10.9. The van der Waals surface area contributed by atoms with Crippen molar-refractivity contribution in [3.05, 3.63) is 61.1 Å². The molecule has 0 unspecified atom stereocenters. The van der Waals surface area contributed by atoms with Crippen LogP contribution in [-0.4, -0.2) is 29.7 Å². The van der Waals surface area contributed by atoms with Crippen LogP contribution in [-0.2, 0) is 6.54 Å². The molecule has 0 fully saturated rings. The number of nitrogens with zero attached hydrogens (tertiary/aromatic N) is 5. The molecule has 4 rings (SSSR count). The molecule has 108 valence electrons. The molecule has 0 aliphatic rings. The minimum Gasteiger partial charge on any atom is -0.342 e. The Kier molecular flexibility index (Phi) is 3.01. The molecule has 0 aliphatic heterocycles. The third kappa shape index (κ3) is 2.28. The van der Waals surface area contributed by atoms with Crippen LogP contribution in [0.15, 0.2) is 59.8 Å². The van der Waals surface area contributed by atoms with E-state index >= 15 is 0 Å². The molecule has 3 aromatic heterocycles. The van der Waals surface area contributed by atoms with Crippen LogP contribution >= 0.6 is 0 Å². The van der Waals surface area contributed by atoms with E-state index in [9.17, 15) is 0 Å². The molecule has 4 aromatic rings. The molecule has 0 atom stereocenters. The maximum atomic E-state index is 5.33. The largest absolute Gasteiger partial charge is 0.342 e. The molecule has 7 nitrogen and oxygen atoms in total. The number of benzene rings is 1. The Hall–Kier alpha value is -3.22. The van der Waals surface area contributed by atoms with Gasteiger partial charge in [0.2, 0.25) is 11.7 Å². The topological polar surface area (TPSA) is 85.4 Å². The molecular weight excluding hydrogens is 280 g/mol. The molecule has 0 radical (unpaired) electrons. The van der Waals surface area contributed by atoms with Crippen LogP contribution in [0.25, 0.3) is 22.9 Å². The predicted molar refractivity (Wildman–Crippen MR) is 78.6 cm³/mol. The van der Waals surface area contributed by atoms with Crippen molar-refractivity contribution < 1.29 is 4.52 Å². The predicted octanol–water partition coefficient (Wildman–Crippen LogP) is 2.37. The van der Waals surface area contributed by atoms with E-state index in [0.717, 1.165) is 17.1 Å². The smallest absolute Gasteiger partial charge is 0.246 e. The SMILES string of the molecule is c1ccc(-c2noc(Cn3ccnc3-c3cnc[nH]3)n2)cc1. The Balaban J connectivity index is 1.61. The van der Waals surface area contributed by atoms with Crippen LogP contribution in [0, 0.1) is 0 Å².